The van der Waals surface area contributed by atoms with Crippen molar-refractivity contribution in [1.82, 2.24) is 10.2 Å². The van der Waals surface area contributed by atoms with Crippen LogP contribution in [0.15, 0.2) is 11.4 Å². The number of hydrogen-bond donors (Lipinski definition) is 2. The third-order valence-corrected chi connectivity index (χ3v) is 3.96. The number of nitrogens with one attached hydrogen (secondary N) is 1. The standard InChI is InChI=1S/C16H27N3O3S/c1-11(2)19(15(21)22-16(3,4)5)7-6-18-9-13-8-12(10-23-13)14(17)20/h8,10-11,18H,6-7,9H2,1-5H3,(H2,17,20). The van der Waals surface area contributed by atoms with Crippen LogP contribution in [0.25, 0.3) is 0 Å². The number of rotatable bonds is 7. The molecule has 0 unspecified atom stereocenters. The number of carbonyl (C=O) groups excluding carboxylic acids is 2. The molecule has 0 spiro atoms. The van der Waals surface area contributed by atoms with Crippen molar-refractivity contribution in [3.05, 3.63) is 21.9 Å². The Labute approximate surface area is 142 Å². The largest absolute Gasteiger partial charge is 0.444 e. The van der Waals surface area contributed by atoms with Crippen LogP contribution >= 0.6 is 11.3 Å². The van der Waals surface area contributed by atoms with Gasteiger partial charge in [-0.15, -0.1) is 11.3 Å². The first-order valence-electron chi connectivity index (χ1n) is 7.67. The quantitative estimate of drug-likeness (QED) is 0.747. The SMILES string of the molecule is CC(C)N(CCNCc1cc(C(N)=O)cs1)C(=O)OC(C)(C)C. The highest BCUT2D eigenvalue weighted by Crippen LogP contribution is 2.14. The number of amides is 2. The number of thiophene rings is 1. The van der Waals surface area contributed by atoms with Gasteiger partial charge in [0.15, 0.2) is 0 Å². The Bertz CT molecular complexity index is 535. The molecular weight excluding hydrogens is 314 g/mol. The Morgan fingerprint density at radius 3 is 2.52 bits per heavy atom. The molecule has 130 valence electrons. The van der Waals surface area contributed by atoms with Crippen LogP contribution in [0.5, 0.6) is 0 Å². The van der Waals surface area contributed by atoms with E-state index in [-0.39, 0.29) is 12.1 Å². The summed E-state index contributed by atoms with van der Waals surface area (Å²) >= 11 is 1.49. The van der Waals surface area contributed by atoms with Crippen molar-refractivity contribution in [3.63, 3.8) is 0 Å². The number of carbonyl (C=O) groups is 2. The molecule has 0 radical (unpaired) electrons. The molecule has 1 aromatic heterocycles. The summed E-state index contributed by atoms with van der Waals surface area (Å²) in [5, 5.41) is 5.02. The van der Waals surface area contributed by atoms with Crippen LogP contribution in [-0.4, -0.2) is 41.6 Å². The summed E-state index contributed by atoms with van der Waals surface area (Å²) in [7, 11) is 0. The maximum absolute atomic E-state index is 12.2. The Morgan fingerprint density at radius 2 is 2.04 bits per heavy atom. The third-order valence-electron chi connectivity index (χ3n) is 3.02. The van der Waals surface area contributed by atoms with Gasteiger partial charge in [0.1, 0.15) is 5.60 Å². The molecule has 3 N–H and O–H groups in total. The first-order valence-corrected chi connectivity index (χ1v) is 8.55. The van der Waals surface area contributed by atoms with Crippen LogP contribution in [-0.2, 0) is 11.3 Å². The van der Waals surface area contributed by atoms with Crippen LogP contribution < -0.4 is 11.1 Å². The molecule has 6 nitrogen and oxygen atoms in total. The van der Waals surface area contributed by atoms with Crippen LogP contribution in [0.1, 0.15) is 49.9 Å². The topological polar surface area (TPSA) is 84.7 Å². The second kappa shape index (κ2) is 8.31. The number of nitrogens with two attached hydrogens (primary N) is 1. The maximum Gasteiger partial charge on any atom is 0.410 e. The van der Waals surface area contributed by atoms with E-state index in [2.05, 4.69) is 5.32 Å². The van der Waals surface area contributed by atoms with Gasteiger partial charge in [0.05, 0.1) is 5.56 Å². The van der Waals surface area contributed by atoms with Crippen LogP contribution in [0.4, 0.5) is 4.79 Å². The number of ether oxygens (including phenoxy) is 1. The molecule has 0 saturated heterocycles. The van der Waals surface area contributed by atoms with Crippen molar-refractivity contribution in [2.24, 2.45) is 5.73 Å². The Balaban J connectivity index is 2.43. The van der Waals surface area contributed by atoms with Gasteiger partial charge in [0, 0.05) is 35.9 Å². The second-order valence-electron chi connectivity index (χ2n) is 6.61. The molecule has 0 aliphatic heterocycles. The summed E-state index contributed by atoms with van der Waals surface area (Å²) in [4.78, 5) is 25.9. The minimum Gasteiger partial charge on any atom is -0.444 e. The lowest BCUT2D eigenvalue weighted by molar-refractivity contribution is 0.0193. The Kier molecular flexibility index (Phi) is 7.02. The van der Waals surface area contributed by atoms with E-state index in [1.165, 1.54) is 11.3 Å². The molecule has 0 fully saturated rings. The minimum absolute atomic E-state index is 0.0647. The van der Waals surface area contributed by atoms with Crippen LogP contribution in [0.3, 0.4) is 0 Å². The Hall–Kier alpha value is -1.60. The number of primary amides is 1. The first kappa shape index (κ1) is 19.4. The van der Waals surface area contributed by atoms with E-state index in [1.54, 1.807) is 16.3 Å². The molecule has 0 saturated carbocycles. The van der Waals surface area contributed by atoms with E-state index in [0.29, 0.717) is 25.2 Å². The van der Waals surface area contributed by atoms with E-state index < -0.39 is 11.5 Å². The fourth-order valence-electron chi connectivity index (χ4n) is 1.89. The number of nitrogens with zero attached hydrogens (tertiary/aromatic N) is 1. The zero-order chi connectivity index (χ0) is 17.6. The van der Waals surface area contributed by atoms with Crippen molar-refractivity contribution in [2.45, 2.75) is 52.8 Å². The molecule has 0 aliphatic carbocycles. The monoisotopic (exact) mass is 341 g/mol. The third kappa shape index (κ3) is 7.00. The van der Waals surface area contributed by atoms with E-state index in [1.807, 2.05) is 34.6 Å². The summed E-state index contributed by atoms with van der Waals surface area (Å²) < 4.78 is 5.42. The summed E-state index contributed by atoms with van der Waals surface area (Å²) in [5.41, 5.74) is 5.26. The van der Waals surface area contributed by atoms with Gasteiger partial charge in [-0.05, 0) is 40.7 Å². The zero-order valence-corrected chi connectivity index (χ0v) is 15.3. The molecule has 0 bridgehead atoms. The van der Waals surface area contributed by atoms with Crippen molar-refractivity contribution >= 4 is 23.3 Å². The molecule has 1 aromatic rings. The molecule has 2 amide bonds. The highest BCUT2D eigenvalue weighted by atomic mass is 32.1. The van der Waals surface area contributed by atoms with Crippen molar-refractivity contribution < 1.29 is 14.3 Å². The van der Waals surface area contributed by atoms with Crippen LogP contribution in [0, 0.1) is 0 Å². The zero-order valence-electron chi connectivity index (χ0n) is 14.5. The average molecular weight is 341 g/mol. The smallest absolute Gasteiger partial charge is 0.410 e. The molecule has 1 rings (SSSR count). The van der Waals surface area contributed by atoms with E-state index in [0.717, 1.165) is 4.88 Å². The lowest BCUT2D eigenvalue weighted by Crippen LogP contribution is -2.44. The molecule has 1 heterocycles. The number of hydrogen-bond acceptors (Lipinski definition) is 5. The maximum atomic E-state index is 12.2. The van der Waals surface area contributed by atoms with E-state index >= 15 is 0 Å². The summed E-state index contributed by atoms with van der Waals surface area (Å²) in [6.07, 6.45) is -0.304. The summed E-state index contributed by atoms with van der Waals surface area (Å²) in [5.74, 6) is -0.414. The van der Waals surface area contributed by atoms with Gasteiger partial charge >= 0.3 is 6.09 Å². The molecule has 23 heavy (non-hydrogen) atoms. The van der Waals surface area contributed by atoms with Gasteiger partial charge < -0.3 is 20.7 Å². The average Bonchev–Trinajstić information content (AvgIpc) is 2.84. The van der Waals surface area contributed by atoms with Crippen molar-refractivity contribution in [2.75, 3.05) is 13.1 Å². The van der Waals surface area contributed by atoms with Gasteiger partial charge in [-0.25, -0.2) is 4.79 Å². The molecule has 7 heteroatoms. The second-order valence-corrected chi connectivity index (χ2v) is 7.61. The molecule has 0 aromatic carbocycles. The van der Waals surface area contributed by atoms with Crippen molar-refractivity contribution in [1.29, 1.82) is 0 Å². The fourth-order valence-corrected chi connectivity index (χ4v) is 2.74. The Morgan fingerprint density at radius 1 is 1.39 bits per heavy atom. The highest BCUT2D eigenvalue weighted by molar-refractivity contribution is 7.10. The predicted molar refractivity (Wildman–Crippen MR) is 92.6 cm³/mol. The van der Waals surface area contributed by atoms with Gasteiger partial charge in [0.25, 0.3) is 0 Å². The van der Waals surface area contributed by atoms with E-state index in [4.69, 9.17) is 10.5 Å². The lowest BCUT2D eigenvalue weighted by atomic mass is 10.2. The lowest BCUT2D eigenvalue weighted by Gasteiger charge is -2.30. The van der Waals surface area contributed by atoms with Gasteiger partial charge in [-0.1, -0.05) is 0 Å². The van der Waals surface area contributed by atoms with E-state index in [9.17, 15) is 9.59 Å². The predicted octanol–water partition coefficient (Wildman–Crippen LogP) is 2.58. The minimum atomic E-state index is -0.500. The normalized spacial score (nSPS) is 11.6. The summed E-state index contributed by atoms with van der Waals surface area (Å²) in [6, 6.07) is 1.85. The van der Waals surface area contributed by atoms with Crippen molar-refractivity contribution in [3.8, 4) is 0 Å². The first-order chi connectivity index (χ1) is 10.6. The van der Waals surface area contributed by atoms with Gasteiger partial charge in [-0.2, -0.15) is 0 Å². The molecule has 0 atom stereocenters. The summed E-state index contributed by atoms with van der Waals surface area (Å²) in [6.45, 7) is 11.3. The van der Waals surface area contributed by atoms with Gasteiger partial charge in [-0.3, -0.25) is 4.79 Å². The van der Waals surface area contributed by atoms with Crippen LogP contribution in [0.2, 0.25) is 0 Å². The van der Waals surface area contributed by atoms with Gasteiger partial charge in [0.2, 0.25) is 5.91 Å². The highest BCUT2D eigenvalue weighted by Gasteiger charge is 2.23. The molecule has 0 aliphatic rings. The molecular formula is C16H27N3O3S. The fraction of sp³-hybridized carbons (Fsp3) is 0.625.